The summed E-state index contributed by atoms with van der Waals surface area (Å²) < 4.78 is 15.0. The Labute approximate surface area is 81.6 Å². The Morgan fingerprint density at radius 1 is 1.62 bits per heavy atom. The Hall–Kier alpha value is -0.660. The number of pyridine rings is 1. The Kier molecular flexibility index (Phi) is 2.22. The number of aromatic nitrogens is 2. The number of rotatable bonds is 1. The van der Waals surface area contributed by atoms with Crippen LogP contribution in [0.3, 0.4) is 0 Å². The fourth-order valence-corrected chi connectivity index (χ4v) is 2.00. The third kappa shape index (κ3) is 1.43. The predicted molar refractivity (Wildman–Crippen MR) is 54.3 cm³/mol. The molecule has 0 radical (unpaired) electrons. The SMILES string of the molecule is CPn1ccc2nc(Cl)c(F)cc21. The van der Waals surface area contributed by atoms with Crippen molar-refractivity contribution in [2.24, 2.45) is 0 Å². The molecule has 0 amide bonds. The van der Waals surface area contributed by atoms with Gasteiger partial charge in [0.25, 0.3) is 0 Å². The summed E-state index contributed by atoms with van der Waals surface area (Å²) in [5.74, 6) is -0.465. The van der Waals surface area contributed by atoms with Gasteiger partial charge in [0.1, 0.15) is 0 Å². The van der Waals surface area contributed by atoms with Gasteiger partial charge in [-0.2, -0.15) is 0 Å². The highest BCUT2D eigenvalue weighted by Crippen LogP contribution is 2.24. The van der Waals surface area contributed by atoms with Crippen LogP contribution in [-0.4, -0.2) is 16.0 Å². The maximum Gasteiger partial charge on any atom is 0.165 e. The minimum absolute atomic E-state index is 0.0651. The van der Waals surface area contributed by atoms with Crippen molar-refractivity contribution in [3.63, 3.8) is 0 Å². The number of nitrogens with zero attached hydrogens (tertiary/aromatic N) is 2. The molecule has 0 bridgehead atoms. The molecule has 0 aromatic carbocycles. The van der Waals surface area contributed by atoms with Crippen molar-refractivity contribution in [1.29, 1.82) is 0 Å². The summed E-state index contributed by atoms with van der Waals surface area (Å²) in [6, 6.07) is 3.25. The summed E-state index contributed by atoms with van der Waals surface area (Å²) in [6.45, 7) is 2.02. The second-order valence-corrected chi connectivity index (χ2v) is 3.86. The zero-order chi connectivity index (χ0) is 9.42. The van der Waals surface area contributed by atoms with Gasteiger partial charge in [0, 0.05) is 12.3 Å². The summed E-state index contributed by atoms with van der Waals surface area (Å²) in [5.41, 5.74) is 1.53. The molecular weight excluding hydrogens is 210 g/mol. The van der Waals surface area contributed by atoms with Crippen LogP contribution in [0.15, 0.2) is 18.3 Å². The normalized spacial score (nSPS) is 11.9. The lowest BCUT2D eigenvalue weighted by Crippen LogP contribution is -1.85. The molecule has 5 heteroatoms. The quantitative estimate of drug-likeness (QED) is 0.529. The van der Waals surface area contributed by atoms with E-state index in [0.717, 1.165) is 11.0 Å². The predicted octanol–water partition coefficient (Wildman–Crippen LogP) is 2.90. The molecular formula is C8H7ClFN2P. The molecule has 2 aromatic heterocycles. The Bertz CT molecular complexity index is 455. The van der Waals surface area contributed by atoms with Crippen LogP contribution in [0.4, 0.5) is 4.39 Å². The second kappa shape index (κ2) is 3.24. The van der Waals surface area contributed by atoms with E-state index >= 15 is 0 Å². The first-order valence-corrected chi connectivity index (χ1v) is 5.56. The second-order valence-electron chi connectivity index (χ2n) is 2.57. The van der Waals surface area contributed by atoms with E-state index in [4.69, 9.17) is 11.6 Å². The zero-order valence-electron chi connectivity index (χ0n) is 6.88. The van der Waals surface area contributed by atoms with Crippen LogP contribution < -0.4 is 0 Å². The molecule has 0 N–H and O–H groups in total. The number of hydrogen-bond acceptors (Lipinski definition) is 1. The minimum Gasteiger partial charge on any atom is -0.328 e. The molecule has 1 atom stereocenters. The van der Waals surface area contributed by atoms with Crippen LogP contribution in [-0.2, 0) is 0 Å². The lowest BCUT2D eigenvalue weighted by Gasteiger charge is -2.00. The molecule has 0 aliphatic rings. The highest BCUT2D eigenvalue weighted by molar-refractivity contribution is 7.35. The molecule has 0 saturated carbocycles. The molecule has 68 valence electrons. The van der Waals surface area contributed by atoms with Gasteiger partial charge in [0.15, 0.2) is 11.0 Å². The smallest absolute Gasteiger partial charge is 0.165 e. The summed E-state index contributed by atoms with van der Waals surface area (Å²) in [7, 11) is 0.568. The third-order valence-electron chi connectivity index (χ3n) is 1.82. The molecule has 2 heterocycles. The standard InChI is InChI=1S/C8H7ClFN2P/c1-13-12-3-2-6-7(12)4-5(10)8(9)11-6/h2-4,13H,1H3. The van der Waals surface area contributed by atoms with E-state index < -0.39 is 5.82 Å². The van der Waals surface area contributed by atoms with Gasteiger partial charge in [-0.3, -0.25) is 0 Å². The van der Waals surface area contributed by atoms with Gasteiger partial charge in [-0.1, -0.05) is 11.6 Å². The first-order valence-electron chi connectivity index (χ1n) is 3.73. The highest BCUT2D eigenvalue weighted by atomic mass is 35.5. The summed E-state index contributed by atoms with van der Waals surface area (Å²) >= 11 is 5.55. The van der Waals surface area contributed by atoms with E-state index in [9.17, 15) is 4.39 Å². The summed E-state index contributed by atoms with van der Waals surface area (Å²) in [6.07, 6.45) is 1.88. The van der Waals surface area contributed by atoms with Crippen LogP contribution >= 0.6 is 20.3 Å². The number of fused-ring (bicyclic) bond motifs is 1. The Balaban J connectivity index is 2.77. The van der Waals surface area contributed by atoms with Gasteiger partial charge in [-0.05, 0) is 21.5 Å². The molecule has 2 aromatic rings. The first-order chi connectivity index (χ1) is 6.22. The van der Waals surface area contributed by atoms with Crippen molar-refractivity contribution in [3.8, 4) is 0 Å². The van der Waals surface area contributed by atoms with Crippen molar-refractivity contribution in [2.75, 3.05) is 6.66 Å². The number of halogens is 2. The fraction of sp³-hybridized carbons (Fsp3) is 0.125. The van der Waals surface area contributed by atoms with Gasteiger partial charge in [-0.25, -0.2) is 9.37 Å². The average molecular weight is 217 g/mol. The zero-order valence-corrected chi connectivity index (χ0v) is 8.64. The Morgan fingerprint density at radius 3 is 3.08 bits per heavy atom. The fourth-order valence-electron chi connectivity index (χ4n) is 1.21. The van der Waals surface area contributed by atoms with Gasteiger partial charge in [0.05, 0.1) is 11.0 Å². The van der Waals surface area contributed by atoms with E-state index in [1.807, 2.05) is 23.3 Å². The number of hydrogen-bond donors (Lipinski definition) is 0. The van der Waals surface area contributed by atoms with E-state index in [-0.39, 0.29) is 5.15 Å². The lowest BCUT2D eigenvalue weighted by atomic mass is 10.4. The molecule has 0 saturated heterocycles. The molecule has 0 aliphatic heterocycles. The van der Waals surface area contributed by atoms with Crippen LogP contribution in [0.1, 0.15) is 0 Å². The maximum absolute atomic E-state index is 13.0. The largest absolute Gasteiger partial charge is 0.328 e. The van der Waals surface area contributed by atoms with Crippen molar-refractivity contribution >= 4 is 31.4 Å². The third-order valence-corrected chi connectivity index (χ3v) is 2.96. The molecule has 2 nitrogen and oxygen atoms in total. The Morgan fingerprint density at radius 2 is 2.38 bits per heavy atom. The first kappa shape index (κ1) is 8.92. The lowest BCUT2D eigenvalue weighted by molar-refractivity contribution is 0.624. The average Bonchev–Trinajstić information content (AvgIpc) is 2.48. The van der Waals surface area contributed by atoms with Gasteiger partial charge < -0.3 is 4.34 Å². The molecule has 1 unspecified atom stereocenters. The van der Waals surface area contributed by atoms with Gasteiger partial charge in [-0.15, -0.1) is 0 Å². The van der Waals surface area contributed by atoms with Crippen molar-refractivity contribution in [2.45, 2.75) is 0 Å². The van der Waals surface area contributed by atoms with Crippen LogP contribution in [0.25, 0.3) is 11.0 Å². The van der Waals surface area contributed by atoms with Crippen LogP contribution in [0.5, 0.6) is 0 Å². The van der Waals surface area contributed by atoms with Crippen molar-refractivity contribution < 1.29 is 4.39 Å². The van der Waals surface area contributed by atoms with Crippen LogP contribution in [0, 0.1) is 5.82 Å². The topological polar surface area (TPSA) is 17.8 Å². The summed E-state index contributed by atoms with van der Waals surface area (Å²) in [4.78, 5) is 3.92. The molecule has 0 aliphatic carbocycles. The molecule has 0 fully saturated rings. The molecule has 2 rings (SSSR count). The van der Waals surface area contributed by atoms with Gasteiger partial charge in [0.2, 0.25) is 0 Å². The maximum atomic E-state index is 13.0. The highest BCUT2D eigenvalue weighted by Gasteiger charge is 2.06. The molecule has 13 heavy (non-hydrogen) atoms. The van der Waals surface area contributed by atoms with Crippen molar-refractivity contribution in [1.82, 2.24) is 9.32 Å². The van der Waals surface area contributed by atoms with Gasteiger partial charge >= 0.3 is 0 Å². The summed E-state index contributed by atoms with van der Waals surface area (Å²) in [5, 5.41) is -0.0651. The van der Waals surface area contributed by atoms with E-state index in [1.165, 1.54) is 6.07 Å². The monoisotopic (exact) mass is 216 g/mol. The molecule has 0 spiro atoms. The minimum atomic E-state index is -0.465. The van der Waals surface area contributed by atoms with Crippen molar-refractivity contribution in [3.05, 3.63) is 29.3 Å². The van der Waals surface area contributed by atoms with E-state index in [1.54, 1.807) is 0 Å². The van der Waals surface area contributed by atoms with E-state index in [0.29, 0.717) is 8.73 Å². The van der Waals surface area contributed by atoms with E-state index in [2.05, 4.69) is 4.98 Å². The van der Waals surface area contributed by atoms with Crippen LogP contribution in [0.2, 0.25) is 5.15 Å².